The van der Waals surface area contributed by atoms with Crippen LogP contribution in [0.4, 0.5) is 0 Å². The molecule has 0 aliphatic carbocycles. The van der Waals surface area contributed by atoms with Crippen molar-refractivity contribution in [3.05, 3.63) is 91.1 Å². The standard InChI is InChI=1S/C21H15NO/c1-2-9-19(10-3-1)23-21-20(11-6-14-22-21)18-13-12-16-7-4-5-8-17(16)15-18/h1-15H. The van der Waals surface area contributed by atoms with Gasteiger partial charge in [-0.3, -0.25) is 0 Å². The summed E-state index contributed by atoms with van der Waals surface area (Å²) >= 11 is 0. The van der Waals surface area contributed by atoms with Crippen LogP contribution in [-0.4, -0.2) is 4.98 Å². The van der Waals surface area contributed by atoms with Crippen molar-refractivity contribution in [3.63, 3.8) is 0 Å². The summed E-state index contributed by atoms with van der Waals surface area (Å²) in [4.78, 5) is 4.41. The molecule has 0 radical (unpaired) electrons. The largest absolute Gasteiger partial charge is 0.438 e. The SMILES string of the molecule is c1ccc(Oc2ncccc2-c2ccc3ccccc3c2)cc1. The first-order valence-corrected chi connectivity index (χ1v) is 7.57. The van der Waals surface area contributed by atoms with Crippen LogP contribution in [0.15, 0.2) is 91.1 Å². The molecule has 0 saturated carbocycles. The Balaban J connectivity index is 1.78. The van der Waals surface area contributed by atoms with Gasteiger partial charge in [0.25, 0.3) is 0 Å². The summed E-state index contributed by atoms with van der Waals surface area (Å²) in [6.45, 7) is 0. The summed E-state index contributed by atoms with van der Waals surface area (Å²) < 4.78 is 5.96. The molecular weight excluding hydrogens is 282 g/mol. The van der Waals surface area contributed by atoms with Crippen LogP contribution >= 0.6 is 0 Å². The average Bonchev–Trinajstić information content (AvgIpc) is 2.63. The summed E-state index contributed by atoms with van der Waals surface area (Å²) in [5.74, 6) is 1.40. The van der Waals surface area contributed by atoms with Gasteiger partial charge in [0, 0.05) is 11.8 Å². The van der Waals surface area contributed by atoms with Gasteiger partial charge in [0.15, 0.2) is 0 Å². The number of hydrogen-bond acceptors (Lipinski definition) is 2. The first-order chi connectivity index (χ1) is 11.4. The molecule has 0 aliphatic heterocycles. The van der Waals surface area contributed by atoms with Gasteiger partial charge >= 0.3 is 0 Å². The second kappa shape index (κ2) is 5.93. The Bertz CT molecular complexity index is 948. The number of para-hydroxylation sites is 1. The van der Waals surface area contributed by atoms with E-state index in [1.165, 1.54) is 10.8 Å². The molecule has 0 bridgehead atoms. The topological polar surface area (TPSA) is 22.1 Å². The molecule has 1 heterocycles. The van der Waals surface area contributed by atoms with Crippen molar-refractivity contribution in [3.8, 4) is 22.8 Å². The quantitative estimate of drug-likeness (QED) is 0.484. The summed E-state index contributed by atoms with van der Waals surface area (Å²) in [6, 6.07) is 28.4. The zero-order valence-electron chi connectivity index (χ0n) is 12.5. The minimum absolute atomic E-state index is 0.619. The maximum atomic E-state index is 5.96. The third-order valence-corrected chi connectivity index (χ3v) is 3.79. The van der Waals surface area contributed by atoms with E-state index in [4.69, 9.17) is 4.74 Å². The Kier molecular flexibility index (Phi) is 3.49. The maximum Gasteiger partial charge on any atom is 0.227 e. The van der Waals surface area contributed by atoms with Crippen molar-refractivity contribution in [2.45, 2.75) is 0 Å². The van der Waals surface area contributed by atoms with Crippen LogP contribution in [0.5, 0.6) is 11.6 Å². The lowest BCUT2D eigenvalue weighted by Gasteiger charge is -2.10. The van der Waals surface area contributed by atoms with Crippen molar-refractivity contribution in [1.82, 2.24) is 4.98 Å². The lowest BCUT2D eigenvalue weighted by Crippen LogP contribution is -1.91. The third-order valence-electron chi connectivity index (χ3n) is 3.79. The average molecular weight is 297 g/mol. The van der Waals surface area contributed by atoms with E-state index in [1.807, 2.05) is 42.5 Å². The van der Waals surface area contributed by atoms with Gasteiger partial charge in [0.1, 0.15) is 5.75 Å². The summed E-state index contributed by atoms with van der Waals surface area (Å²) in [5, 5.41) is 2.44. The highest BCUT2D eigenvalue weighted by Gasteiger charge is 2.09. The second-order valence-electron chi connectivity index (χ2n) is 5.33. The number of hydrogen-bond donors (Lipinski definition) is 0. The molecule has 3 aromatic carbocycles. The van der Waals surface area contributed by atoms with Crippen molar-refractivity contribution < 1.29 is 4.74 Å². The fraction of sp³-hybridized carbons (Fsp3) is 0. The summed E-state index contributed by atoms with van der Waals surface area (Å²) in [5.41, 5.74) is 2.09. The lowest BCUT2D eigenvalue weighted by molar-refractivity contribution is 0.465. The van der Waals surface area contributed by atoms with Crippen molar-refractivity contribution >= 4 is 10.8 Å². The zero-order chi connectivity index (χ0) is 15.5. The molecule has 4 rings (SSSR count). The van der Waals surface area contributed by atoms with E-state index >= 15 is 0 Å². The van der Waals surface area contributed by atoms with E-state index in [0.29, 0.717) is 5.88 Å². The fourth-order valence-corrected chi connectivity index (χ4v) is 2.65. The lowest BCUT2D eigenvalue weighted by atomic mass is 10.0. The molecule has 0 aliphatic rings. The molecule has 2 nitrogen and oxygen atoms in total. The zero-order valence-corrected chi connectivity index (χ0v) is 12.5. The second-order valence-corrected chi connectivity index (χ2v) is 5.33. The van der Waals surface area contributed by atoms with Gasteiger partial charge in [0.05, 0.1) is 0 Å². The highest BCUT2D eigenvalue weighted by Crippen LogP contribution is 2.32. The number of ether oxygens (including phenoxy) is 1. The van der Waals surface area contributed by atoms with Crippen LogP contribution in [0.1, 0.15) is 0 Å². The molecule has 110 valence electrons. The van der Waals surface area contributed by atoms with Gasteiger partial charge in [-0.25, -0.2) is 4.98 Å². The Morgan fingerprint density at radius 3 is 2.30 bits per heavy atom. The molecule has 23 heavy (non-hydrogen) atoms. The van der Waals surface area contributed by atoms with Crippen LogP contribution in [-0.2, 0) is 0 Å². The molecule has 0 fully saturated rings. The first kappa shape index (κ1) is 13.5. The molecule has 2 heteroatoms. The highest BCUT2D eigenvalue weighted by molar-refractivity contribution is 5.88. The number of rotatable bonds is 3. The van der Waals surface area contributed by atoms with E-state index in [1.54, 1.807) is 6.20 Å². The Hall–Kier alpha value is -3.13. The van der Waals surface area contributed by atoms with Crippen LogP contribution in [0.25, 0.3) is 21.9 Å². The van der Waals surface area contributed by atoms with E-state index < -0.39 is 0 Å². The van der Waals surface area contributed by atoms with Crippen molar-refractivity contribution in [2.75, 3.05) is 0 Å². The van der Waals surface area contributed by atoms with Gasteiger partial charge in [0.2, 0.25) is 5.88 Å². The van der Waals surface area contributed by atoms with Gasteiger partial charge in [-0.15, -0.1) is 0 Å². The number of nitrogens with zero attached hydrogens (tertiary/aromatic N) is 1. The van der Waals surface area contributed by atoms with Crippen LogP contribution < -0.4 is 4.74 Å². The van der Waals surface area contributed by atoms with Crippen LogP contribution in [0, 0.1) is 0 Å². The number of pyridine rings is 1. The molecular formula is C21H15NO. The van der Waals surface area contributed by atoms with Crippen molar-refractivity contribution in [2.24, 2.45) is 0 Å². The first-order valence-electron chi connectivity index (χ1n) is 7.57. The number of benzene rings is 3. The maximum absolute atomic E-state index is 5.96. The Labute approximate surface area is 135 Å². The molecule has 0 unspecified atom stereocenters. The molecule has 0 N–H and O–H groups in total. The molecule has 0 spiro atoms. The van der Waals surface area contributed by atoms with E-state index in [-0.39, 0.29) is 0 Å². The predicted molar refractivity (Wildman–Crippen MR) is 93.7 cm³/mol. The van der Waals surface area contributed by atoms with E-state index in [0.717, 1.165) is 16.9 Å². The smallest absolute Gasteiger partial charge is 0.227 e. The van der Waals surface area contributed by atoms with Gasteiger partial charge < -0.3 is 4.74 Å². The minimum Gasteiger partial charge on any atom is -0.438 e. The van der Waals surface area contributed by atoms with E-state index in [2.05, 4.69) is 47.4 Å². The van der Waals surface area contributed by atoms with Crippen molar-refractivity contribution in [1.29, 1.82) is 0 Å². The van der Waals surface area contributed by atoms with Gasteiger partial charge in [-0.05, 0) is 46.7 Å². The number of fused-ring (bicyclic) bond motifs is 1. The Morgan fingerprint density at radius 2 is 1.43 bits per heavy atom. The molecule has 0 saturated heterocycles. The highest BCUT2D eigenvalue weighted by atomic mass is 16.5. The van der Waals surface area contributed by atoms with Crippen LogP contribution in [0.2, 0.25) is 0 Å². The Morgan fingerprint density at radius 1 is 0.652 bits per heavy atom. The van der Waals surface area contributed by atoms with Gasteiger partial charge in [-0.2, -0.15) is 0 Å². The minimum atomic E-state index is 0.619. The molecule has 0 atom stereocenters. The normalized spacial score (nSPS) is 10.6. The van der Waals surface area contributed by atoms with Gasteiger partial charge in [-0.1, -0.05) is 54.6 Å². The molecule has 0 amide bonds. The summed E-state index contributed by atoms with van der Waals surface area (Å²) in [6.07, 6.45) is 1.75. The molecule has 4 aromatic rings. The van der Waals surface area contributed by atoms with E-state index in [9.17, 15) is 0 Å². The third kappa shape index (κ3) is 2.79. The van der Waals surface area contributed by atoms with Crippen LogP contribution in [0.3, 0.4) is 0 Å². The summed E-state index contributed by atoms with van der Waals surface area (Å²) in [7, 11) is 0. The molecule has 1 aromatic heterocycles. The predicted octanol–water partition coefficient (Wildman–Crippen LogP) is 5.69. The monoisotopic (exact) mass is 297 g/mol. The number of aromatic nitrogens is 1. The fourth-order valence-electron chi connectivity index (χ4n) is 2.65.